The highest BCUT2D eigenvalue weighted by Gasteiger charge is 2.30. The van der Waals surface area contributed by atoms with E-state index < -0.39 is 12.0 Å². The van der Waals surface area contributed by atoms with Crippen LogP contribution in [0.4, 0.5) is 0 Å². The maximum atomic E-state index is 10.7. The van der Waals surface area contributed by atoms with Gasteiger partial charge in [-0.05, 0) is 11.6 Å². The van der Waals surface area contributed by atoms with E-state index in [-0.39, 0.29) is 5.37 Å². The molecule has 0 aliphatic carbocycles. The third-order valence-electron chi connectivity index (χ3n) is 2.07. The van der Waals surface area contributed by atoms with Gasteiger partial charge in [0.25, 0.3) is 0 Å². The summed E-state index contributed by atoms with van der Waals surface area (Å²) >= 11 is 1.60. The minimum absolute atomic E-state index is 0.0600. The molecule has 1 aromatic heterocycles. The molecule has 2 rings (SSSR count). The van der Waals surface area contributed by atoms with E-state index in [1.54, 1.807) is 24.2 Å². The first-order chi connectivity index (χ1) is 6.77. The Morgan fingerprint density at radius 2 is 2.57 bits per heavy atom. The fourth-order valence-electron chi connectivity index (χ4n) is 1.34. The molecule has 74 valence electrons. The number of hydrogen-bond donors (Lipinski definition) is 2. The van der Waals surface area contributed by atoms with Gasteiger partial charge in [0, 0.05) is 18.1 Å². The second kappa shape index (κ2) is 3.98. The third kappa shape index (κ3) is 1.88. The van der Waals surface area contributed by atoms with Crippen molar-refractivity contribution in [1.82, 2.24) is 10.3 Å². The van der Waals surface area contributed by atoms with E-state index in [1.165, 1.54) is 0 Å². The van der Waals surface area contributed by atoms with E-state index in [9.17, 15) is 4.79 Å². The average Bonchev–Trinajstić information content (AvgIpc) is 2.68. The lowest BCUT2D eigenvalue weighted by Crippen LogP contribution is -2.33. The van der Waals surface area contributed by atoms with Gasteiger partial charge in [0.05, 0.1) is 5.37 Å². The maximum absolute atomic E-state index is 10.7. The fraction of sp³-hybridized carbons (Fsp3) is 0.333. The molecule has 0 spiro atoms. The van der Waals surface area contributed by atoms with Gasteiger partial charge < -0.3 is 5.11 Å². The number of pyridine rings is 1. The van der Waals surface area contributed by atoms with Gasteiger partial charge >= 0.3 is 5.97 Å². The van der Waals surface area contributed by atoms with Crippen molar-refractivity contribution in [3.63, 3.8) is 0 Å². The molecule has 14 heavy (non-hydrogen) atoms. The number of carboxylic acid groups (broad SMARTS) is 1. The molecule has 2 heterocycles. The molecule has 1 aliphatic rings. The predicted molar refractivity (Wildman–Crippen MR) is 54.0 cm³/mol. The van der Waals surface area contributed by atoms with Gasteiger partial charge in [0.15, 0.2) is 0 Å². The van der Waals surface area contributed by atoms with Crippen LogP contribution in [0.1, 0.15) is 10.9 Å². The molecule has 0 aromatic carbocycles. The molecule has 0 bridgehead atoms. The zero-order chi connectivity index (χ0) is 9.97. The number of carbonyl (C=O) groups is 1. The van der Waals surface area contributed by atoms with Crippen LogP contribution in [0.2, 0.25) is 0 Å². The Bertz CT molecular complexity index is 331. The van der Waals surface area contributed by atoms with Crippen LogP contribution in [-0.4, -0.2) is 27.9 Å². The zero-order valence-corrected chi connectivity index (χ0v) is 8.20. The van der Waals surface area contributed by atoms with Gasteiger partial charge in [-0.2, -0.15) is 0 Å². The van der Waals surface area contributed by atoms with Gasteiger partial charge in [0.2, 0.25) is 0 Å². The van der Waals surface area contributed by atoms with Crippen molar-refractivity contribution < 1.29 is 9.90 Å². The van der Waals surface area contributed by atoms with Crippen molar-refractivity contribution in [1.29, 1.82) is 0 Å². The molecule has 1 aromatic rings. The Balaban J connectivity index is 2.06. The summed E-state index contributed by atoms with van der Waals surface area (Å²) < 4.78 is 0. The van der Waals surface area contributed by atoms with Gasteiger partial charge in [-0.15, -0.1) is 11.8 Å². The van der Waals surface area contributed by atoms with Crippen molar-refractivity contribution >= 4 is 17.7 Å². The lowest BCUT2D eigenvalue weighted by molar-refractivity contribution is -0.138. The number of nitrogens with one attached hydrogen (secondary N) is 1. The highest BCUT2D eigenvalue weighted by atomic mass is 32.2. The number of thioether (sulfide) groups is 1. The van der Waals surface area contributed by atoms with Crippen LogP contribution >= 0.6 is 11.8 Å². The molecule has 0 radical (unpaired) electrons. The molecule has 2 N–H and O–H groups in total. The summed E-state index contributed by atoms with van der Waals surface area (Å²) in [6.45, 7) is 0. The standard InChI is InChI=1S/C9H10N2O2S/c12-9(13)7-5-14-8(11-7)6-2-1-3-10-4-6/h1-4,7-8,11H,5H2,(H,12,13). The normalized spacial score (nSPS) is 26.3. The van der Waals surface area contributed by atoms with Crippen LogP contribution in [0, 0.1) is 0 Å². The topological polar surface area (TPSA) is 62.2 Å². The minimum Gasteiger partial charge on any atom is -0.480 e. The van der Waals surface area contributed by atoms with E-state index in [2.05, 4.69) is 10.3 Å². The van der Waals surface area contributed by atoms with Gasteiger partial charge in [-0.1, -0.05) is 6.07 Å². The fourth-order valence-corrected chi connectivity index (χ4v) is 2.55. The summed E-state index contributed by atoms with van der Waals surface area (Å²) in [6.07, 6.45) is 3.46. The van der Waals surface area contributed by atoms with E-state index in [0.29, 0.717) is 5.75 Å². The lowest BCUT2D eigenvalue weighted by atomic mass is 10.2. The van der Waals surface area contributed by atoms with E-state index >= 15 is 0 Å². The lowest BCUT2D eigenvalue weighted by Gasteiger charge is -2.09. The van der Waals surface area contributed by atoms with Crippen LogP contribution in [0.15, 0.2) is 24.5 Å². The number of hydrogen-bond acceptors (Lipinski definition) is 4. The average molecular weight is 210 g/mol. The van der Waals surface area contributed by atoms with Crippen LogP contribution in [0.25, 0.3) is 0 Å². The quantitative estimate of drug-likeness (QED) is 0.758. The number of aliphatic carboxylic acids is 1. The molecular formula is C9H10N2O2S. The van der Waals surface area contributed by atoms with E-state index in [4.69, 9.17) is 5.11 Å². The molecule has 2 atom stereocenters. The van der Waals surface area contributed by atoms with E-state index in [1.807, 2.05) is 12.1 Å². The SMILES string of the molecule is O=C(O)C1CSC(c2cccnc2)N1. The molecule has 1 aliphatic heterocycles. The van der Waals surface area contributed by atoms with Crippen LogP contribution < -0.4 is 5.32 Å². The summed E-state index contributed by atoms with van der Waals surface area (Å²) in [5, 5.41) is 11.9. The number of rotatable bonds is 2. The van der Waals surface area contributed by atoms with Crippen LogP contribution in [0.3, 0.4) is 0 Å². The maximum Gasteiger partial charge on any atom is 0.321 e. The number of nitrogens with zero attached hydrogens (tertiary/aromatic N) is 1. The summed E-state index contributed by atoms with van der Waals surface area (Å²) in [4.78, 5) is 14.7. The Labute approximate surface area is 85.7 Å². The van der Waals surface area contributed by atoms with Crippen LogP contribution in [0.5, 0.6) is 0 Å². The van der Waals surface area contributed by atoms with Gasteiger partial charge in [0.1, 0.15) is 6.04 Å². The smallest absolute Gasteiger partial charge is 0.321 e. The zero-order valence-electron chi connectivity index (χ0n) is 7.38. The molecule has 1 fully saturated rings. The van der Waals surface area contributed by atoms with Crippen molar-refractivity contribution in [3.05, 3.63) is 30.1 Å². The van der Waals surface area contributed by atoms with Crippen LogP contribution in [-0.2, 0) is 4.79 Å². The second-order valence-electron chi connectivity index (χ2n) is 3.06. The van der Waals surface area contributed by atoms with Crippen molar-refractivity contribution in [2.24, 2.45) is 0 Å². The summed E-state index contributed by atoms with van der Waals surface area (Å²) in [5.74, 6) is -0.182. The first-order valence-corrected chi connectivity index (χ1v) is 5.32. The van der Waals surface area contributed by atoms with Crippen molar-refractivity contribution in [2.75, 3.05) is 5.75 Å². The second-order valence-corrected chi connectivity index (χ2v) is 4.20. The summed E-state index contributed by atoms with van der Waals surface area (Å²) in [6, 6.07) is 3.36. The Morgan fingerprint density at radius 1 is 1.71 bits per heavy atom. The summed E-state index contributed by atoms with van der Waals surface area (Å²) in [5.41, 5.74) is 1.03. The Hall–Kier alpha value is -1.07. The molecule has 5 heteroatoms. The molecule has 2 unspecified atom stereocenters. The number of carboxylic acids is 1. The molecule has 0 saturated carbocycles. The minimum atomic E-state index is -0.788. The van der Waals surface area contributed by atoms with Crippen molar-refractivity contribution in [2.45, 2.75) is 11.4 Å². The molecule has 0 amide bonds. The summed E-state index contributed by atoms with van der Waals surface area (Å²) in [7, 11) is 0. The van der Waals surface area contributed by atoms with Gasteiger partial charge in [-0.25, -0.2) is 0 Å². The monoisotopic (exact) mass is 210 g/mol. The highest BCUT2D eigenvalue weighted by molar-refractivity contribution is 7.99. The molecular weight excluding hydrogens is 200 g/mol. The predicted octanol–water partition coefficient (Wildman–Crippen LogP) is 0.870. The first-order valence-electron chi connectivity index (χ1n) is 4.28. The van der Waals surface area contributed by atoms with Gasteiger partial charge in [-0.3, -0.25) is 15.1 Å². The highest BCUT2D eigenvalue weighted by Crippen LogP contribution is 2.31. The largest absolute Gasteiger partial charge is 0.480 e. The molecule has 4 nitrogen and oxygen atoms in total. The third-order valence-corrected chi connectivity index (χ3v) is 3.33. The van der Waals surface area contributed by atoms with E-state index in [0.717, 1.165) is 5.56 Å². The van der Waals surface area contributed by atoms with Crippen molar-refractivity contribution in [3.8, 4) is 0 Å². The Kier molecular flexibility index (Phi) is 2.69. The Morgan fingerprint density at radius 3 is 3.14 bits per heavy atom. The molecule has 1 saturated heterocycles. The number of aromatic nitrogens is 1. The first kappa shape index (κ1) is 9.48.